The number of hydrogen-bond acceptors (Lipinski definition) is 1. The molecule has 0 fully saturated rings. The second-order valence-corrected chi connectivity index (χ2v) is 2.83. The first kappa shape index (κ1) is 10.3. The molecule has 0 unspecified atom stereocenters. The molecule has 0 aliphatic carbocycles. The number of allylic oxidation sites excluding steroid dienone is 3. The molecule has 0 bridgehead atoms. The topological polar surface area (TPSA) is 12.0 Å². The standard InChI is InChI=1S/C10H19N/c1-5-10(9(3)4)7-8-11-6-2/h5,7-9,11H,6H2,1-4H3/b8-7-,10-5+. The summed E-state index contributed by atoms with van der Waals surface area (Å²) in [6, 6.07) is 0. The van der Waals surface area contributed by atoms with Crippen LogP contribution in [-0.4, -0.2) is 6.54 Å². The minimum atomic E-state index is 0.620. The lowest BCUT2D eigenvalue weighted by Gasteiger charge is -2.04. The predicted molar refractivity (Wildman–Crippen MR) is 51.4 cm³/mol. The highest BCUT2D eigenvalue weighted by atomic mass is 14.8. The minimum Gasteiger partial charge on any atom is -0.391 e. The molecule has 0 atom stereocenters. The normalized spacial score (nSPS) is 13.0. The molecule has 0 radical (unpaired) electrons. The van der Waals surface area contributed by atoms with E-state index in [1.54, 1.807) is 0 Å². The molecule has 0 amide bonds. The number of hydrogen-bond donors (Lipinski definition) is 1. The summed E-state index contributed by atoms with van der Waals surface area (Å²) in [7, 11) is 0. The van der Waals surface area contributed by atoms with E-state index in [-0.39, 0.29) is 0 Å². The molecule has 0 aromatic rings. The van der Waals surface area contributed by atoms with Gasteiger partial charge in [0.05, 0.1) is 0 Å². The molecule has 1 N–H and O–H groups in total. The maximum atomic E-state index is 3.15. The largest absolute Gasteiger partial charge is 0.391 e. The Morgan fingerprint density at radius 1 is 1.45 bits per heavy atom. The molecule has 0 saturated carbocycles. The summed E-state index contributed by atoms with van der Waals surface area (Å²) >= 11 is 0. The molecular formula is C10H19N. The molecule has 0 aromatic heterocycles. The van der Waals surface area contributed by atoms with Crippen molar-refractivity contribution in [2.75, 3.05) is 6.54 Å². The second-order valence-electron chi connectivity index (χ2n) is 2.83. The first-order chi connectivity index (χ1) is 5.22. The first-order valence-electron chi connectivity index (χ1n) is 4.28. The molecule has 0 spiro atoms. The van der Waals surface area contributed by atoms with Crippen LogP contribution in [0.5, 0.6) is 0 Å². The molecule has 64 valence electrons. The minimum absolute atomic E-state index is 0.620. The molecule has 0 heterocycles. The smallest absolute Gasteiger partial charge is 0.0113 e. The summed E-state index contributed by atoms with van der Waals surface area (Å²) in [5.74, 6) is 0.620. The molecule has 0 rings (SSSR count). The van der Waals surface area contributed by atoms with Crippen molar-refractivity contribution in [1.82, 2.24) is 5.32 Å². The molecule has 11 heavy (non-hydrogen) atoms. The van der Waals surface area contributed by atoms with Gasteiger partial charge >= 0.3 is 0 Å². The fourth-order valence-corrected chi connectivity index (χ4v) is 0.895. The lowest BCUT2D eigenvalue weighted by Crippen LogP contribution is -2.02. The van der Waals surface area contributed by atoms with Gasteiger partial charge in [0.25, 0.3) is 0 Å². The van der Waals surface area contributed by atoms with Crippen molar-refractivity contribution in [3.05, 3.63) is 23.9 Å². The van der Waals surface area contributed by atoms with Crippen molar-refractivity contribution in [3.8, 4) is 0 Å². The van der Waals surface area contributed by atoms with Crippen LogP contribution in [-0.2, 0) is 0 Å². The van der Waals surface area contributed by atoms with Gasteiger partial charge in [-0.25, -0.2) is 0 Å². The molecular weight excluding hydrogens is 134 g/mol. The maximum absolute atomic E-state index is 3.15. The number of nitrogens with one attached hydrogen (secondary N) is 1. The van der Waals surface area contributed by atoms with Crippen LogP contribution in [0.4, 0.5) is 0 Å². The zero-order valence-electron chi connectivity index (χ0n) is 8.02. The Morgan fingerprint density at radius 3 is 2.45 bits per heavy atom. The molecule has 0 aliphatic heterocycles. The van der Waals surface area contributed by atoms with Gasteiger partial charge in [0.2, 0.25) is 0 Å². The van der Waals surface area contributed by atoms with Gasteiger partial charge < -0.3 is 5.32 Å². The number of rotatable bonds is 4. The van der Waals surface area contributed by atoms with Crippen LogP contribution in [0.3, 0.4) is 0 Å². The molecule has 1 nitrogen and oxygen atoms in total. The average Bonchev–Trinajstić information content (AvgIpc) is 1.97. The lowest BCUT2D eigenvalue weighted by molar-refractivity contribution is 0.786. The lowest BCUT2D eigenvalue weighted by atomic mass is 10.0. The predicted octanol–water partition coefficient (Wildman–Crippen LogP) is 2.71. The fraction of sp³-hybridized carbons (Fsp3) is 0.600. The van der Waals surface area contributed by atoms with Crippen molar-refractivity contribution in [2.45, 2.75) is 27.7 Å². The third-order valence-electron chi connectivity index (χ3n) is 1.60. The first-order valence-corrected chi connectivity index (χ1v) is 4.28. The van der Waals surface area contributed by atoms with Crippen molar-refractivity contribution < 1.29 is 0 Å². The summed E-state index contributed by atoms with van der Waals surface area (Å²) < 4.78 is 0. The van der Waals surface area contributed by atoms with Crippen LogP contribution >= 0.6 is 0 Å². The van der Waals surface area contributed by atoms with Gasteiger partial charge in [-0.3, -0.25) is 0 Å². The van der Waals surface area contributed by atoms with Gasteiger partial charge in [-0.15, -0.1) is 0 Å². The SMILES string of the molecule is C/C=C(\C=C/NCC)C(C)C. The highest BCUT2D eigenvalue weighted by Gasteiger charge is 1.95. The Morgan fingerprint density at radius 2 is 2.09 bits per heavy atom. The maximum Gasteiger partial charge on any atom is 0.0113 e. The van der Waals surface area contributed by atoms with Gasteiger partial charge in [0, 0.05) is 6.54 Å². The van der Waals surface area contributed by atoms with E-state index in [0.717, 1.165) is 6.54 Å². The highest BCUT2D eigenvalue weighted by Crippen LogP contribution is 2.09. The van der Waals surface area contributed by atoms with Crippen LogP contribution in [0, 0.1) is 5.92 Å². The van der Waals surface area contributed by atoms with E-state index in [0.29, 0.717) is 5.92 Å². The second kappa shape index (κ2) is 6.02. The van der Waals surface area contributed by atoms with E-state index >= 15 is 0 Å². The summed E-state index contributed by atoms with van der Waals surface area (Å²) in [6.45, 7) is 9.56. The van der Waals surface area contributed by atoms with Crippen molar-refractivity contribution >= 4 is 0 Å². The van der Waals surface area contributed by atoms with E-state index in [1.165, 1.54) is 5.57 Å². The van der Waals surface area contributed by atoms with Gasteiger partial charge in [0.1, 0.15) is 0 Å². The third kappa shape index (κ3) is 4.65. The summed E-state index contributed by atoms with van der Waals surface area (Å²) in [6.07, 6.45) is 6.29. The summed E-state index contributed by atoms with van der Waals surface area (Å²) in [5, 5.41) is 3.15. The Hall–Kier alpha value is -0.720. The monoisotopic (exact) mass is 153 g/mol. The van der Waals surface area contributed by atoms with E-state index in [4.69, 9.17) is 0 Å². The van der Waals surface area contributed by atoms with E-state index in [2.05, 4.69) is 45.2 Å². The Labute approximate surface area is 70.2 Å². The van der Waals surface area contributed by atoms with Crippen molar-refractivity contribution in [1.29, 1.82) is 0 Å². The van der Waals surface area contributed by atoms with Gasteiger partial charge in [0.15, 0.2) is 0 Å². The van der Waals surface area contributed by atoms with Crippen LogP contribution in [0.25, 0.3) is 0 Å². The van der Waals surface area contributed by atoms with E-state index < -0.39 is 0 Å². The summed E-state index contributed by atoms with van der Waals surface area (Å²) in [4.78, 5) is 0. The van der Waals surface area contributed by atoms with Gasteiger partial charge in [-0.05, 0) is 37.6 Å². The van der Waals surface area contributed by atoms with Crippen LogP contribution in [0.2, 0.25) is 0 Å². The molecule has 1 heteroatoms. The summed E-state index contributed by atoms with van der Waals surface area (Å²) in [5.41, 5.74) is 1.38. The average molecular weight is 153 g/mol. The van der Waals surface area contributed by atoms with E-state index in [9.17, 15) is 0 Å². The Balaban J connectivity index is 3.89. The Kier molecular flexibility index (Phi) is 5.63. The zero-order valence-corrected chi connectivity index (χ0v) is 8.02. The molecule has 0 aromatic carbocycles. The molecule has 0 saturated heterocycles. The van der Waals surface area contributed by atoms with E-state index in [1.807, 2.05) is 6.20 Å². The van der Waals surface area contributed by atoms with Crippen LogP contribution in [0.1, 0.15) is 27.7 Å². The fourth-order valence-electron chi connectivity index (χ4n) is 0.895. The van der Waals surface area contributed by atoms with Crippen molar-refractivity contribution in [3.63, 3.8) is 0 Å². The third-order valence-corrected chi connectivity index (χ3v) is 1.60. The molecule has 0 aliphatic rings. The van der Waals surface area contributed by atoms with Gasteiger partial charge in [-0.1, -0.05) is 19.9 Å². The highest BCUT2D eigenvalue weighted by molar-refractivity contribution is 5.19. The van der Waals surface area contributed by atoms with Crippen molar-refractivity contribution in [2.24, 2.45) is 5.92 Å². The van der Waals surface area contributed by atoms with Crippen LogP contribution < -0.4 is 5.32 Å². The Bertz CT molecular complexity index is 143. The zero-order chi connectivity index (χ0) is 8.69. The van der Waals surface area contributed by atoms with Gasteiger partial charge in [-0.2, -0.15) is 0 Å². The van der Waals surface area contributed by atoms with Crippen LogP contribution in [0.15, 0.2) is 23.9 Å². The quantitative estimate of drug-likeness (QED) is 0.612.